The molecule has 0 aliphatic heterocycles. The van der Waals surface area contributed by atoms with Crippen LogP contribution in [-0.4, -0.2) is 41.5 Å². The second-order valence-corrected chi connectivity index (χ2v) is 6.24. The van der Waals surface area contributed by atoms with Crippen molar-refractivity contribution >= 4 is 17.9 Å². The fraction of sp³-hybridized carbons (Fsp3) is 0.200. The van der Waals surface area contributed by atoms with Gasteiger partial charge in [0, 0.05) is 19.7 Å². The highest BCUT2D eigenvalue weighted by molar-refractivity contribution is 5.95. The third-order valence-corrected chi connectivity index (χ3v) is 4.08. The van der Waals surface area contributed by atoms with Crippen molar-refractivity contribution in [3.8, 4) is 0 Å². The van der Waals surface area contributed by atoms with E-state index in [1.807, 2.05) is 0 Å². The van der Waals surface area contributed by atoms with Crippen LogP contribution in [0.4, 0.5) is 22.0 Å². The topological polar surface area (TPSA) is 69.6 Å². The lowest BCUT2D eigenvalue weighted by molar-refractivity contribution is -0.136. The molecule has 0 aromatic heterocycles. The lowest BCUT2D eigenvalue weighted by atomic mass is 10.1. The average Bonchev–Trinajstić information content (AvgIpc) is 2.74. The van der Waals surface area contributed by atoms with E-state index >= 15 is 0 Å². The molecule has 2 aromatic rings. The van der Waals surface area contributed by atoms with Gasteiger partial charge in [0.15, 0.2) is 23.3 Å². The van der Waals surface area contributed by atoms with Gasteiger partial charge in [-0.15, -0.1) is 0 Å². The van der Waals surface area contributed by atoms with Crippen molar-refractivity contribution < 1.29 is 36.6 Å². The number of nitrogens with one attached hydrogen (secondary N) is 1. The first-order valence-corrected chi connectivity index (χ1v) is 8.57. The van der Waals surface area contributed by atoms with Crippen LogP contribution in [0.25, 0.3) is 6.08 Å². The van der Waals surface area contributed by atoms with Gasteiger partial charge in [-0.2, -0.15) is 0 Å². The number of carbonyl (C=O) groups is 2. The number of benzene rings is 2. The van der Waals surface area contributed by atoms with Crippen LogP contribution in [0.5, 0.6) is 0 Å². The Hall–Kier alpha value is -3.27. The zero-order valence-corrected chi connectivity index (χ0v) is 15.6. The first-order chi connectivity index (χ1) is 14.2. The predicted octanol–water partition coefficient (Wildman–Crippen LogP) is 2.53. The molecule has 0 saturated heterocycles. The first kappa shape index (κ1) is 23.0. The van der Waals surface area contributed by atoms with Gasteiger partial charge >= 0.3 is 0 Å². The number of carbonyl (C=O) groups excluding carboxylic acids is 2. The molecule has 0 aliphatic carbocycles. The smallest absolute Gasteiger partial charge is 0.247 e. The van der Waals surface area contributed by atoms with Gasteiger partial charge in [-0.1, -0.05) is 30.3 Å². The van der Waals surface area contributed by atoms with E-state index in [9.17, 15) is 36.6 Å². The number of nitrogens with zero attached hydrogens (tertiary/aromatic N) is 1. The number of rotatable bonds is 7. The molecule has 5 nitrogen and oxygen atoms in total. The summed E-state index contributed by atoms with van der Waals surface area (Å²) in [4.78, 5) is 25.6. The van der Waals surface area contributed by atoms with E-state index in [4.69, 9.17) is 0 Å². The summed E-state index contributed by atoms with van der Waals surface area (Å²) in [6.45, 7) is -0.591. The number of aliphatic hydroxyl groups is 1. The highest BCUT2D eigenvalue weighted by Crippen LogP contribution is 2.23. The summed E-state index contributed by atoms with van der Waals surface area (Å²) < 4.78 is 66.6. The predicted molar refractivity (Wildman–Crippen MR) is 97.2 cm³/mol. The molecule has 30 heavy (non-hydrogen) atoms. The van der Waals surface area contributed by atoms with Crippen molar-refractivity contribution in [2.45, 2.75) is 12.6 Å². The maximum Gasteiger partial charge on any atom is 0.247 e. The molecule has 10 heteroatoms. The minimum Gasteiger partial charge on any atom is -0.394 e. The Morgan fingerprint density at radius 2 is 1.53 bits per heavy atom. The quantitative estimate of drug-likeness (QED) is 0.308. The van der Waals surface area contributed by atoms with Crippen LogP contribution in [-0.2, 0) is 16.1 Å². The number of hydrogen-bond donors (Lipinski definition) is 2. The molecule has 0 spiro atoms. The van der Waals surface area contributed by atoms with E-state index in [2.05, 4.69) is 5.32 Å². The Bertz CT molecular complexity index is 938. The molecule has 0 aliphatic rings. The van der Waals surface area contributed by atoms with Gasteiger partial charge < -0.3 is 15.3 Å². The third-order valence-electron chi connectivity index (χ3n) is 4.08. The Morgan fingerprint density at radius 3 is 2.07 bits per heavy atom. The van der Waals surface area contributed by atoms with Crippen LogP contribution < -0.4 is 5.32 Å². The molecule has 0 saturated carbocycles. The molecule has 2 rings (SSSR count). The van der Waals surface area contributed by atoms with Crippen LogP contribution >= 0.6 is 0 Å². The Balaban J connectivity index is 2.09. The fourth-order valence-corrected chi connectivity index (χ4v) is 2.53. The van der Waals surface area contributed by atoms with Gasteiger partial charge in [0.1, 0.15) is 6.04 Å². The number of halogens is 5. The van der Waals surface area contributed by atoms with E-state index in [1.165, 1.54) is 11.9 Å². The normalized spacial score (nSPS) is 12.1. The standard InChI is InChI=1S/C20H17F5N2O3/c1-27(9-11-5-3-2-4-6-11)20(30)13(10-28)26-14(29)8-7-12-15(21)17(23)19(25)18(24)16(12)22/h2-8,13,28H,9-10H2,1H3,(H,26,29). The van der Waals surface area contributed by atoms with E-state index < -0.39 is 59.1 Å². The van der Waals surface area contributed by atoms with Crippen molar-refractivity contribution in [1.82, 2.24) is 10.2 Å². The molecule has 0 bridgehead atoms. The van der Waals surface area contributed by atoms with E-state index in [0.29, 0.717) is 12.2 Å². The highest BCUT2D eigenvalue weighted by Gasteiger charge is 2.25. The zero-order chi connectivity index (χ0) is 22.4. The molecule has 2 aromatic carbocycles. The summed E-state index contributed by atoms with van der Waals surface area (Å²) >= 11 is 0. The third kappa shape index (κ3) is 5.20. The maximum atomic E-state index is 13.6. The van der Waals surface area contributed by atoms with Crippen molar-refractivity contribution in [2.24, 2.45) is 0 Å². The van der Waals surface area contributed by atoms with Gasteiger partial charge in [-0.3, -0.25) is 9.59 Å². The fourth-order valence-electron chi connectivity index (χ4n) is 2.53. The first-order valence-electron chi connectivity index (χ1n) is 8.57. The van der Waals surface area contributed by atoms with Crippen LogP contribution in [0.3, 0.4) is 0 Å². The van der Waals surface area contributed by atoms with E-state index in [1.54, 1.807) is 30.3 Å². The SMILES string of the molecule is CN(Cc1ccccc1)C(=O)C(CO)NC(=O)C=Cc1c(F)c(F)c(F)c(F)c1F. The molecule has 2 amide bonds. The van der Waals surface area contributed by atoms with Gasteiger partial charge in [-0.25, -0.2) is 22.0 Å². The minimum absolute atomic E-state index is 0.187. The summed E-state index contributed by atoms with van der Waals surface area (Å²) in [7, 11) is 1.44. The lowest BCUT2D eigenvalue weighted by Gasteiger charge is -2.23. The van der Waals surface area contributed by atoms with Crippen molar-refractivity contribution in [3.63, 3.8) is 0 Å². The Kier molecular flexibility index (Phi) is 7.65. The molecular weight excluding hydrogens is 411 g/mol. The highest BCUT2D eigenvalue weighted by atomic mass is 19.2. The largest absolute Gasteiger partial charge is 0.394 e. The van der Waals surface area contributed by atoms with E-state index in [0.717, 1.165) is 5.56 Å². The molecular formula is C20H17F5N2O3. The molecule has 2 N–H and O–H groups in total. The van der Waals surface area contributed by atoms with Crippen molar-refractivity contribution in [3.05, 3.63) is 76.6 Å². The molecule has 0 radical (unpaired) electrons. The number of amides is 2. The van der Waals surface area contributed by atoms with Gasteiger partial charge in [-0.05, 0) is 11.6 Å². The van der Waals surface area contributed by atoms with Gasteiger partial charge in [0.2, 0.25) is 17.6 Å². The summed E-state index contributed by atoms with van der Waals surface area (Å²) in [5.74, 6) is -12.6. The summed E-state index contributed by atoms with van der Waals surface area (Å²) in [5.41, 5.74) is -0.516. The summed E-state index contributed by atoms with van der Waals surface area (Å²) in [6.07, 6.45) is 0.879. The monoisotopic (exact) mass is 428 g/mol. The van der Waals surface area contributed by atoms with Crippen molar-refractivity contribution in [1.29, 1.82) is 0 Å². The van der Waals surface area contributed by atoms with Gasteiger partial charge in [0.05, 0.1) is 12.2 Å². The molecule has 0 heterocycles. The Labute approximate surface area is 168 Å². The van der Waals surface area contributed by atoms with E-state index in [-0.39, 0.29) is 6.54 Å². The summed E-state index contributed by atoms with van der Waals surface area (Å²) in [6, 6.07) is 7.48. The van der Waals surface area contributed by atoms with Crippen LogP contribution in [0, 0.1) is 29.1 Å². The molecule has 1 unspecified atom stereocenters. The van der Waals surface area contributed by atoms with Crippen molar-refractivity contribution in [2.75, 3.05) is 13.7 Å². The minimum atomic E-state index is -2.32. The second kappa shape index (κ2) is 9.97. The number of aliphatic hydroxyl groups excluding tert-OH is 1. The number of likely N-dealkylation sites (N-methyl/N-ethyl adjacent to an activating group) is 1. The summed E-state index contributed by atoms with van der Waals surface area (Å²) in [5, 5.41) is 11.5. The zero-order valence-electron chi connectivity index (χ0n) is 15.6. The van der Waals surface area contributed by atoms with Gasteiger partial charge in [0.25, 0.3) is 0 Å². The lowest BCUT2D eigenvalue weighted by Crippen LogP contribution is -2.48. The maximum absolute atomic E-state index is 13.6. The van der Waals surface area contributed by atoms with Crippen LogP contribution in [0.2, 0.25) is 0 Å². The van der Waals surface area contributed by atoms with Crippen LogP contribution in [0.15, 0.2) is 36.4 Å². The Morgan fingerprint density at radius 1 is 1.00 bits per heavy atom. The molecule has 1 atom stereocenters. The average molecular weight is 428 g/mol. The second-order valence-electron chi connectivity index (χ2n) is 6.24. The molecule has 0 fully saturated rings. The molecule has 160 valence electrons. The van der Waals surface area contributed by atoms with Crippen LogP contribution in [0.1, 0.15) is 11.1 Å². The number of hydrogen-bond acceptors (Lipinski definition) is 3.